The lowest BCUT2D eigenvalue weighted by molar-refractivity contribution is -0.122. The molecule has 0 spiro atoms. The molecule has 0 aromatic heterocycles. The van der Waals surface area contributed by atoms with E-state index >= 15 is 0 Å². The highest BCUT2D eigenvalue weighted by atomic mass is 35.5. The number of phenols is 1. The van der Waals surface area contributed by atoms with E-state index in [0.717, 1.165) is 11.1 Å². The van der Waals surface area contributed by atoms with Gasteiger partial charge in [0, 0.05) is 11.6 Å². The molecule has 0 saturated heterocycles. The smallest absolute Gasteiger partial charge is 0.237 e. The van der Waals surface area contributed by atoms with Gasteiger partial charge in [-0.1, -0.05) is 41.9 Å². The average molecular weight is 305 g/mol. The SMILES string of the molecule is N[C@H](Cc1ccc(O)cc1)C(=O)NCc1ccccc1Cl. The predicted molar refractivity (Wildman–Crippen MR) is 83.1 cm³/mol. The van der Waals surface area contributed by atoms with Crippen LogP contribution in [0.5, 0.6) is 5.75 Å². The van der Waals surface area contributed by atoms with Crippen molar-refractivity contribution >= 4 is 17.5 Å². The number of amides is 1. The molecule has 4 N–H and O–H groups in total. The van der Waals surface area contributed by atoms with E-state index in [-0.39, 0.29) is 11.7 Å². The highest BCUT2D eigenvalue weighted by molar-refractivity contribution is 6.31. The number of carbonyl (C=O) groups is 1. The van der Waals surface area contributed by atoms with Gasteiger partial charge in [-0.15, -0.1) is 0 Å². The first-order valence-electron chi connectivity index (χ1n) is 6.61. The van der Waals surface area contributed by atoms with Crippen molar-refractivity contribution in [1.82, 2.24) is 5.32 Å². The minimum atomic E-state index is -0.642. The van der Waals surface area contributed by atoms with Gasteiger partial charge in [-0.2, -0.15) is 0 Å². The molecule has 0 aliphatic rings. The molecule has 4 nitrogen and oxygen atoms in total. The molecule has 0 aliphatic heterocycles. The normalized spacial score (nSPS) is 11.9. The summed E-state index contributed by atoms with van der Waals surface area (Å²) in [5.41, 5.74) is 7.63. The Hall–Kier alpha value is -2.04. The second-order valence-electron chi connectivity index (χ2n) is 4.79. The van der Waals surface area contributed by atoms with Crippen LogP contribution in [-0.4, -0.2) is 17.1 Å². The van der Waals surface area contributed by atoms with Crippen LogP contribution in [0.15, 0.2) is 48.5 Å². The quantitative estimate of drug-likeness (QED) is 0.793. The van der Waals surface area contributed by atoms with Crippen LogP contribution in [0.1, 0.15) is 11.1 Å². The van der Waals surface area contributed by atoms with Crippen molar-refractivity contribution < 1.29 is 9.90 Å². The molecule has 2 aromatic rings. The molecule has 5 heteroatoms. The maximum absolute atomic E-state index is 12.0. The van der Waals surface area contributed by atoms with Crippen LogP contribution in [0.4, 0.5) is 0 Å². The molecule has 0 heterocycles. The van der Waals surface area contributed by atoms with Gasteiger partial charge >= 0.3 is 0 Å². The zero-order valence-corrected chi connectivity index (χ0v) is 12.2. The van der Waals surface area contributed by atoms with E-state index < -0.39 is 6.04 Å². The van der Waals surface area contributed by atoms with E-state index in [4.69, 9.17) is 17.3 Å². The van der Waals surface area contributed by atoms with Crippen LogP contribution in [0, 0.1) is 0 Å². The molecule has 0 fully saturated rings. The van der Waals surface area contributed by atoms with E-state index in [1.165, 1.54) is 0 Å². The Balaban J connectivity index is 1.88. The monoisotopic (exact) mass is 304 g/mol. The number of aromatic hydroxyl groups is 1. The second kappa shape index (κ2) is 7.11. The number of nitrogens with two attached hydrogens (primary N) is 1. The lowest BCUT2D eigenvalue weighted by atomic mass is 10.1. The highest BCUT2D eigenvalue weighted by Gasteiger charge is 2.14. The molecule has 1 atom stereocenters. The van der Waals surface area contributed by atoms with Gasteiger partial charge in [0.25, 0.3) is 0 Å². The summed E-state index contributed by atoms with van der Waals surface area (Å²) in [6.07, 6.45) is 0.411. The Morgan fingerprint density at radius 2 is 1.86 bits per heavy atom. The summed E-state index contributed by atoms with van der Waals surface area (Å²) >= 11 is 6.03. The predicted octanol–water partition coefficient (Wildman–Crippen LogP) is 2.23. The fourth-order valence-electron chi connectivity index (χ4n) is 1.93. The maximum atomic E-state index is 12.0. The van der Waals surface area contributed by atoms with E-state index in [1.54, 1.807) is 30.3 Å². The Kier molecular flexibility index (Phi) is 5.20. The average Bonchev–Trinajstić information content (AvgIpc) is 2.48. The van der Waals surface area contributed by atoms with Gasteiger partial charge in [0.2, 0.25) is 5.91 Å². The van der Waals surface area contributed by atoms with Crippen LogP contribution < -0.4 is 11.1 Å². The fourth-order valence-corrected chi connectivity index (χ4v) is 2.14. The third kappa shape index (κ3) is 4.48. The van der Waals surface area contributed by atoms with Crippen LogP contribution in [0.25, 0.3) is 0 Å². The summed E-state index contributed by atoms with van der Waals surface area (Å²) in [5, 5.41) is 12.6. The Bertz CT molecular complexity index is 614. The first-order chi connectivity index (χ1) is 10.1. The number of phenolic OH excluding ortho intramolecular Hbond substituents is 1. The third-order valence-electron chi connectivity index (χ3n) is 3.14. The summed E-state index contributed by atoms with van der Waals surface area (Å²) in [6, 6.07) is 13.3. The lowest BCUT2D eigenvalue weighted by Gasteiger charge is -2.13. The highest BCUT2D eigenvalue weighted by Crippen LogP contribution is 2.14. The van der Waals surface area contributed by atoms with Gasteiger partial charge in [-0.05, 0) is 35.7 Å². The molecule has 2 aromatic carbocycles. The van der Waals surface area contributed by atoms with Crippen molar-refractivity contribution in [3.05, 3.63) is 64.7 Å². The number of rotatable bonds is 5. The molecule has 2 rings (SSSR count). The van der Waals surface area contributed by atoms with Crippen LogP contribution in [0.2, 0.25) is 5.02 Å². The molecular formula is C16H17ClN2O2. The minimum Gasteiger partial charge on any atom is -0.508 e. The van der Waals surface area contributed by atoms with Crippen molar-refractivity contribution in [2.45, 2.75) is 19.0 Å². The molecule has 0 bridgehead atoms. The van der Waals surface area contributed by atoms with E-state index in [0.29, 0.717) is 18.0 Å². The minimum absolute atomic E-state index is 0.190. The van der Waals surface area contributed by atoms with E-state index in [9.17, 15) is 9.90 Å². The molecule has 0 saturated carbocycles. The fraction of sp³-hybridized carbons (Fsp3) is 0.188. The zero-order chi connectivity index (χ0) is 15.2. The molecule has 0 radical (unpaired) electrons. The summed E-state index contributed by atoms with van der Waals surface area (Å²) in [4.78, 5) is 12.0. The van der Waals surface area contributed by atoms with Gasteiger partial charge in [0.05, 0.1) is 6.04 Å². The molecule has 0 unspecified atom stereocenters. The number of carbonyl (C=O) groups excluding carboxylic acids is 1. The summed E-state index contributed by atoms with van der Waals surface area (Å²) < 4.78 is 0. The Morgan fingerprint density at radius 3 is 2.52 bits per heavy atom. The Labute approximate surface area is 128 Å². The first-order valence-corrected chi connectivity index (χ1v) is 6.98. The summed E-state index contributed by atoms with van der Waals surface area (Å²) in [6.45, 7) is 0.349. The van der Waals surface area contributed by atoms with Crippen molar-refractivity contribution in [2.24, 2.45) is 5.73 Å². The van der Waals surface area contributed by atoms with Crippen LogP contribution in [-0.2, 0) is 17.8 Å². The first kappa shape index (κ1) is 15.4. The third-order valence-corrected chi connectivity index (χ3v) is 3.51. The largest absolute Gasteiger partial charge is 0.508 e. The lowest BCUT2D eigenvalue weighted by Crippen LogP contribution is -2.41. The second-order valence-corrected chi connectivity index (χ2v) is 5.19. The van der Waals surface area contributed by atoms with Gasteiger partial charge in [0.1, 0.15) is 5.75 Å². The van der Waals surface area contributed by atoms with Crippen molar-refractivity contribution in [3.63, 3.8) is 0 Å². The standard InChI is InChI=1S/C16H17ClN2O2/c17-14-4-2-1-3-12(14)10-19-16(21)15(18)9-11-5-7-13(20)8-6-11/h1-8,15,20H,9-10,18H2,(H,19,21)/t15-/m1/s1. The number of benzene rings is 2. The van der Waals surface area contributed by atoms with Crippen molar-refractivity contribution in [2.75, 3.05) is 0 Å². The van der Waals surface area contributed by atoms with E-state index in [1.807, 2.05) is 18.2 Å². The van der Waals surface area contributed by atoms with Gasteiger partial charge < -0.3 is 16.2 Å². The van der Waals surface area contributed by atoms with Gasteiger partial charge in [-0.3, -0.25) is 4.79 Å². The molecule has 0 aliphatic carbocycles. The van der Waals surface area contributed by atoms with Crippen LogP contribution in [0.3, 0.4) is 0 Å². The zero-order valence-electron chi connectivity index (χ0n) is 11.4. The molecule has 110 valence electrons. The topological polar surface area (TPSA) is 75.3 Å². The number of nitrogens with one attached hydrogen (secondary N) is 1. The Morgan fingerprint density at radius 1 is 1.19 bits per heavy atom. The number of hydrogen-bond donors (Lipinski definition) is 3. The number of hydrogen-bond acceptors (Lipinski definition) is 3. The maximum Gasteiger partial charge on any atom is 0.237 e. The van der Waals surface area contributed by atoms with E-state index in [2.05, 4.69) is 5.32 Å². The van der Waals surface area contributed by atoms with Gasteiger partial charge in [-0.25, -0.2) is 0 Å². The molecule has 21 heavy (non-hydrogen) atoms. The molecule has 1 amide bonds. The molecular weight excluding hydrogens is 288 g/mol. The van der Waals surface area contributed by atoms with Crippen molar-refractivity contribution in [1.29, 1.82) is 0 Å². The van der Waals surface area contributed by atoms with Crippen LogP contribution >= 0.6 is 11.6 Å². The summed E-state index contributed by atoms with van der Waals surface area (Å²) in [5.74, 6) is -0.0431. The number of halogens is 1. The van der Waals surface area contributed by atoms with Gasteiger partial charge in [0.15, 0.2) is 0 Å². The van der Waals surface area contributed by atoms with Crippen molar-refractivity contribution in [3.8, 4) is 5.75 Å². The summed E-state index contributed by atoms with van der Waals surface area (Å²) in [7, 11) is 0.